The molecule has 1 atom stereocenters. The van der Waals surface area contributed by atoms with E-state index in [0.717, 1.165) is 23.4 Å². The fourth-order valence-electron chi connectivity index (χ4n) is 2.69. The lowest BCUT2D eigenvalue weighted by atomic mass is 10.2. The van der Waals surface area contributed by atoms with Crippen LogP contribution < -0.4 is 4.90 Å². The number of hydrogen-bond donors (Lipinski definition) is 1. The monoisotopic (exact) mass is 280 g/mol. The maximum atomic E-state index is 11.6. The van der Waals surface area contributed by atoms with E-state index in [-0.39, 0.29) is 17.5 Å². The van der Waals surface area contributed by atoms with E-state index >= 15 is 0 Å². The van der Waals surface area contributed by atoms with Gasteiger partial charge in [0.15, 0.2) is 9.84 Å². The number of sulfone groups is 1. The first-order valence-corrected chi connectivity index (χ1v) is 8.18. The second-order valence-corrected chi connectivity index (χ2v) is 7.01. The number of anilines is 1. The van der Waals surface area contributed by atoms with Gasteiger partial charge >= 0.3 is 0 Å². The van der Waals surface area contributed by atoms with Crippen LogP contribution in [0.15, 0.2) is 18.6 Å². The van der Waals surface area contributed by atoms with Crippen molar-refractivity contribution in [1.82, 2.24) is 15.0 Å². The normalized spacial score (nSPS) is 21.8. The third-order valence-electron chi connectivity index (χ3n) is 3.59. The molecule has 19 heavy (non-hydrogen) atoms. The molecule has 0 radical (unpaired) electrons. The Labute approximate surface area is 111 Å². The van der Waals surface area contributed by atoms with Crippen molar-refractivity contribution < 1.29 is 8.42 Å². The van der Waals surface area contributed by atoms with E-state index in [2.05, 4.69) is 19.9 Å². The van der Waals surface area contributed by atoms with E-state index in [0.29, 0.717) is 6.42 Å². The second-order valence-electron chi connectivity index (χ2n) is 4.78. The van der Waals surface area contributed by atoms with Gasteiger partial charge in [0.1, 0.15) is 17.8 Å². The van der Waals surface area contributed by atoms with Crippen molar-refractivity contribution in [3.63, 3.8) is 0 Å². The Morgan fingerprint density at radius 1 is 1.47 bits per heavy atom. The second kappa shape index (κ2) is 4.48. The minimum atomic E-state index is -2.89. The molecule has 1 saturated heterocycles. The number of H-pyrrole nitrogens is 1. The molecule has 0 amide bonds. The van der Waals surface area contributed by atoms with Crippen LogP contribution in [0.4, 0.5) is 5.82 Å². The molecule has 1 aliphatic rings. The lowest BCUT2D eigenvalue weighted by molar-refractivity contribution is 0.599. The molecule has 0 saturated carbocycles. The van der Waals surface area contributed by atoms with Crippen LogP contribution in [0, 0.1) is 0 Å². The number of aromatic amines is 1. The lowest BCUT2D eigenvalue weighted by Gasteiger charge is -2.28. The Morgan fingerprint density at radius 3 is 3.00 bits per heavy atom. The maximum Gasteiger partial charge on any atom is 0.152 e. The van der Waals surface area contributed by atoms with Crippen LogP contribution in [0.5, 0.6) is 0 Å². The van der Waals surface area contributed by atoms with Crippen molar-refractivity contribution >= 4 is 26.7 Å². The SMILES string of the molecule is CCN(c1ncnc2[nH]ccc12)C1CCS(=O)(=O)C1. The van der Waals surface area contributed by atoms with Crippen LogP contribution in [-0.2, 0) is 9.84 Å². The van der Waals surface area contributed by atoms with E-state index in [9.17, 15) is 8.42 Å². The van der Waals surface area contributed by atoms with E-state index in [1.807, 2.05) is 19.2 Å². The van der Waals surface area contributed by atoms with E-state index in [1.54, 1.807) is 0 Å². The number of hydrogen-bond acceptors (Lipinski definition) is 5. The molecule has 2 aromatic heterocycles. The summed E-state index contributed by atoms with van der Waals surface area (Å²) in [5.41, 5.74) is 0.782. The fraction of sp³-hybridized carbons (Fsp3) is 0.500. The van der Waals surface area contributed by atoms with Crippen molar-refractivity contribution in [1.29, 1.82) is 0 Å². The minimum Gasteiger partial charge on any atom is -0.352 e. The van der Waals surface area contributed by atoms with Gasteiger partial charge in [0.25, 0.3) is 0 Å². The molecule has 2 aromatic rings. The average Bonchev–Trinajstić information content (AvgIpc) is 2.97. The minimum absolute atomic E-state index is 0.0167. The van der Waals surface area contributed by atoms with Gasteiger partial charge in [0.2, 0.25) is 0 Å². The zero-order chi connectivity index (χ0) is 13.5. The van der Waals surface area contributed by atoms with Gasteiger partial charge in [-0.2, -0.15) is 0 Å². The van der Waals surface area contributed by atoms with Crippen LogP contribution in [0.25, 0.3) is 11.0 Å². The van der Waals surface area contributed by atoms with Crippen LogP contribution in [-0.4, -0.2) is 47.5 Å². The standard InChI is InChI=1S/C12H16N4O2S/c1-2-16(9-4-6-19(17,18)7-9)12-10-3-5-13-11(10)14-8-15-12/h3,5,8-9H,2,4,6-7H2,1H3,(H,13,14,15). The summed E-state index contributed by atoms with van der Waals surface area (Å²) in [6, 6.07) is 1.94. The Balaban J connectivity index is 2.01. The molecule has 0 spiro atoms. The lowest BCUT2D eigenvalue weighted by Crippen LogP contribution is -2.36. The summed E-state index contributed by atoms with van der Waals surface area (Å²) < 4.78 is 23.3. The fourth-order valence-corrected chi connectivity index (χ4v) is 4.42. The Morgan fingerprint density at radius 2 is 2.32 bits per heavy atom. The molecule has 1 fully saturated rings. The zero-order valence-corrected chi connectivity index (χ0v) is 11.5. The topological polar surface area (TPSA) is 79.0 Å². The highest BCUT2D eigenvalue weighted by Gasteiger charge is 2.32. The first-order chi connectivity index (χ1) is 9.11. The molecule has 102 valence electrons. The molecule has 1 aliphatic heterocycles. The molecular weight excluding hydrogens is 264 g/mol. The molecule has 0 aliphatic carbocycles. The van der Waals surface area contributed by atoms with E-state index in [4.69, 9.17) is 0 Å². The summed E-state index contributed by atoms with van der Waals surface area (Å²) in [7, 11) is -2.89. The predicted octanol–water partition coefficient (Wildman–Crippen LogP) is 0.971. The smallest absolute Gasteiger partial charge is 0.152 e. The van der Waals surface area contributed by atoms with Gasteiger partial charge in [-0.05, 0) is 19.4 Å². The number of fused-ring (bicyclic) bond motifs is 1. The maximum absolute atomic E-state index is 11.6. The third kappa shape index (κ3) is 2.18. The van der Waals surface area contributed by atoms with Gasteiger partial charge < -0.3 is 9.88 Å². The highest BCUT2D eigenvalue weighted by molar-refractivity contribution is 7.91. The van der Waals surface area contributed by atoms with E-state index < -0.39 is 9.84 Å². The van der Waals surface area contributed by atoms with Crippen molar-refractivity contribution in [3.05, 3.63) is 18.6 Å². The number of nitrogens with zero attached hydrogens (tertiary/aromatic N) is 3. The van der Waals surface area contributed by atoms with Crippen LogP contribution in [0.1, 0.15) is 13.3 Å². The summed E-state index contributed by atoms with van der Waals surface area (Å²) >= 11 is 0. The molecule has 3 rings (SSSR count). The number of rotatable bonds is 3. The summed E-state index contributed by atoms with van der Waals surface area (Å²) in [6.45, 7) is 2.75. The first kappa shape index (κ1) is 12.4. The van der Waals surface area contributed by atoms with Gasteiger partial charge in [0.05, 0.1) is 16.9 Å². The molecule has 3 heterocycles. The highest BCUT2D eigenvalue weighted by atomic mass is 32.2. The predicted molar refractivity (Wildman–Crippen MR) is 74.0 cm³/mol. The molecule has 0 bridgehead atoms. The Kier molecular flexibility index (Phi) is 2.93. The first-order valence-electron chi connectivity index (χ1n) is 6.36. The third-order valence-corrected chi connectivity index (χ3v) is 5.35. The number of aromatic nitrogens is 3. The highest BCUT2D eigenvalue weighted by Crippen LogP contribution is 2.27. The van der Waals surface area contributed by atoms with Crippen molar-refractivity contribution in [2.24, 2.45) is 0 Å². The molecular formula is C12H16N4O2S. The van der Waals surface area contributed by atoms with Crippen LogP contribution in [0.3, 0.4) is 0 Å². The summed E-state index contributed by atoms with van der Waals surface area (Å²) in [6.07, 6.45) is 4.01. The van der Waals surface area contributed by atoms with Gasteiger partial charge in [-0.25, -0.2) is 18.4 Å². The van der Waals surface area contributed by atoms with Crippen LogP contribution >= 0.6 is 0 Å². The van der Waals surface area contributed by atoms with Crippen molar-refractivity contribution in [3.8, 4) is 0 Å². The number of nitrogens with one attached hydrogen (secondary N) is 1. The Bertz CT molecular complexity index is 695. The molecule has 6 nitrogen and oxygen atoms in total. The quantitative estimate of drug-likeness (QED) is 0.906. The van der Waals surface area contributed by atoms with Crippen molar-refractivity contribution in [2.75, 3.05) is 23.0 Å². The summed E-state index contributed by atoms with van der Waals surface area (Å²) in [5.74, 6) is 1.31. The van der Waals surface area contributed by atoms with Gasteiger partial charge in [-0.15, -0.1) is 0 Å². The summed E-state index contributed by atoms with van der Waals surface area (Å²) in [4.78, 5) is 13.6. The van der Waals surface area contributed by atoms with Crippen molar-refractivity contribution in [2.45, 2.75) is 19.4 Å². The van der Waals surface area contributed by atoms with Gasteiger partial charge in [-0.3, -0.25) is 0 Å². The molecule has 7 heteroatoms. The van der Waals surface area contributed by atoms with E-state index in [1.165, 1.54) is 6.33 Å². The average molecular weight is 280 g/mol. The molecule has 1 N–H and O–H groups in total. The molecule has 1 unspecified atom stereocenters. The van der Waals surface area contributed by atoms with Crippen LogP contribution in [0.2, 0.25) is 0 Å². The zero-order valence-electron chi connectivity index (χ0n) is 10.7. The Hall–Kier alpha value is -1.63. The van der Waals surface area contributed by atoms with Gasteiger partial charge in [0, 0.05) is 18.8 Å². The summed E-state index contributed by atoms with van der Waals surface area (Å²) in [5, 5.41) is 0.939. The van der Waals surface area contributed by atoms with Gasteiger partial charge in [-0.1, -0.05) is 0 Å². The largest absolute Gasteiger partial charge is 0.352 e. The molecule has 0 aromatic carbocycles.